The van der Waals surface area contributed by atoms with E-state index < -0.39 is 5.91 Å². The summed E-state index contributed by atoms with van der Waals surface area (Å²) in [5.74, 6) is -1.69. The lowest BCUT2D eigenvalue weighted by atomic mass is 9.78. The summed E-state index contributed by atoms with van der Waals surface area (Å²) < 4.78 is 0. The third-order valence-corrected chi connectivity index (χ3v) is 8.40. The van der Waals surface area contributed by atoms with Crippen LogP contribution < -0.4 is 11.1 Å². The number of hydrogen-bond acceptors (Lipinski definition) is 5. The minimum absolute atomic E-state index is 0.118. The minimum atomic E-state index is -0.504. The third-order valence-electron chi connectivity index (χ3n) is 7.20. The second kappa shape index (κ2) is 8.74. The first-order valence-electron chi connectivity index (χ1n) is 11.7. The minimum Gasteiger partial charge on any atom is -0.365 e. The largest absolute Gasteiger partial charge is 0.365 e. The Morgan fingerprint density at radius 2 is 1.67 bits per heavy atom. The predicted molar refractivity (Wildman–Crippen MR) is 125 cm³/mol. The number of nitrogens with one attached hydrogen (secondary N) is 1. The molecule has 1 fully saturated rings. The van der Waals surface area contributed by atoms with Crippen molar-refractivity contribution >= 4 is 40.0 Å². The lowest BCUT2D eigenvalue weighted by Crippen LogP contribution is -2.41. The van der Waals surface area contributed by atoms with Crippen molar-refractivity contribution in [3.8, 4) is 0 Å². The molecule has 1 aromatic heterocycles. The van der Waals surface area contributed by atoms with Crippen molar-refractivity contribution in [3.63, 3.8) is 0 Å². The van der Waals surface area contributed by atoms with E-state index in [2.05, 4.69) is 5.32 Å². The molecule has 1 saturated carbocycles. The fourth-order valence-corrected chi connectivity index (χ4v) is 6.83. The first-order chi connectivity index (χ1) is 16.0. The van der Waals surface area contributed by atoms with Crippen LogP contribution in [0.3, 0.4) is 0 Å². The SMILES string of the molecule is NC(=O)c1c(NC(=O)C2CCCCC2CN2C(=O)c3ccccc3C2=O)sc2c1CCCC2. The van der Waals surface area contributed by atoms with E-state index >= 15 is 0 Å². The lowest BCUT2D eigenvalue weighted by Gasteiger charge is -2.32. The van der Waals surface area contributed by atoms with Gasteiger partial charge in [0, 0.05) is 17.3 Å². The second-order valence-electron chi connectivity index (χ2n) is 9.19. The summed E-state index contributed by atoms with van der Waals surface area (Å²) in [7, 11) is 0. The Morgan fingerprint density at radius 3 is 2.36 bits per heavy atom. The molecule has 0 spiro atoms. The highest BCUT2D eigenvalue weighted by molar-refractivity contribution is 7.17. The molecule has 33 heavy (non-hydrogen) atoms. The van der Waals surface area contributed by atoms with Crippen molar-refractivity contribution in [1.29, 1.82) is 0 Å². The molecule has 0 radical (unpaired) electrons. The number of rotatable bonds is 5. The van der Waals surface area contributed by atoms with Gasteiger partial charge < -0.3 is 11.1 Å². The zero-order valence-electron chi connectivity index (χ0n) is 18.4. The van der Waals surface area contributed by atoms with Crippen molar-refractivity contribution in [1.82, 2.24) is 4.90 Å². The van der Waals surface area contributed by atoms with Crippen LogP contribution in [0.4, 0.5) is 5.00 Å². The number of amides is 4. The fraction of sp³-hybridized carbons (Fsp3) is 0.440. The summed E-state index contributed by atoms with van der Waals surface area (Å²) >= 11 is 1.46. The van der Waals surface area contributed by atoms with Crippen molar-refractivity contribution in [3.05, 3.63) is 51.4 Å². The smallest absolute Gasteiger partial charge is 0.261 e. The van der Waals surface area contributed by atoms with E-state index in [4.69, 9.17) is 5.73 Å². The highest BCUT2D eigenvalue weighted by Gasteiger charge is 2.40. The van der Waals surface area contributed by atoms with Crippen LogP contribution >= 0.6 is 11.3 Å². The molecule has 2 unspecified atom stereocenters. The number of hydrogen-bond donors (Lipinski definition) is 2. The highest BCUT2D eigenvalue weighted by atomic mass is 32.1. The Balaban J connectivity index is 1.35. The van der Waals surface area contributed by atoms with Gasteiger partial charge in [0.05, 0.1) is 16.7 Å². The Morgan fingerprint density at radius 1 is 1.00 bits per heavy atom. The predicted octanol–water partition coefficient (Wildman–Crippen LogP) is 3.77. The first kappa shape index (κ1) is 21.8. The molecule has 0 bridgehead atoms. The Kier molecular flexibility index (Phi) is 5.78. The average molecular weight is 466 g/mol. The van der Waals surface area contributed by atoms with Crippen LogP contribution in [0.2, 0.25) is 0 Å². The number of aryl methyl sites for hydroxylation is 1. The number of carbonyl (C=O) groups is 4. The summed E-state index contributed by atoms with van der Waals surface area (Å²) in [5.41, 5.74) is 7.97. The van der Waals surface area contributed by atoms with E-state index in [0.717, 1.165) is 55.4 Å². The summed E-state index contributed by atoms with van der Waals surface area (Å²) in [4.78, 5) is 53.7. The van der Waals surface area contributed by atoms with E-state index in [1.165, 1.54) is 16.2 Å². The van der Waals surface area contributed by atoms with Gasteiger partial charge in [-0.3, -0.25) is 24.1 Å². The number of primary amides is 1. The van der Waals surface area contributed by atoms with Gasteiger partial charge in [0.2, 0.25) is 5.91 Å². The molecular weight excluding hydrogens is 438 g/mol. The Bertz CT molecular complexity index is 1120. The molecule has 7 nitrogen and oxygen atoms in total. The van der Waals surface area contributed by atoms with Crippen molar-refractivity contribution in [2.24, 2.45) is 17.6 Å². The number of carbonyl (C=O) groups excluding carboxylic acids is 4. The number of imide groups is 1. The second-order valence-corrected chi connectivity index (χ2v) is 10.3. The summed E-state index contributed by atoms with van der Waals surface area (Å²) in [5, 5.41) is 3.55. The number of anilines is 1. The summed E-state index contributed by atoms with van der Waals surface area (Å²) in [6, 6.07) is 6.84. The van der Waals surface area contributed by atoms with Gasteiger partial charge in [0.1, 0.15) is 5.00 Å². The molecule has 4 amide bonds. The molecule has 172 valence electrons. The van der Waals surface area contributed by atoms with E-state index in [1.807, 2.05) is 0 Å². The molecule has 2 aliphatic carbocycles. The van der Waals surface area contributed by atoms with Crippen molar-refractivity contribution in [2.45, 2.75) is 51.4 Å². The maximum absolute atomic E-state index is 13.4. The van der Waals surface area contributed by atoms with E-state index in [1.54, 1.807) is 24.3 Å². The van der Waals surface area contributed by atoms with Gasteiger partial charge in [-0.15, -0.1) is 11.3 Å². The van der Waals surface area contributed by atoms with Crippen LogP contribution in [0.25, 0.3) is 0 Å². The maximum Gasteiger partial charge on any atom is 0.261 e. The van der Waals surface area contributed by atoms with Gasteiger partial charge in [-0.1, -0.05) is 25.0 Å². The van der Waals surface area contributed by atoms with Gasteiger partial charge in [-0.2, -0.15) is 0 Å². The van der Waals surface area contributed by atoms with Gasteiger partial charge in [-0.25, -0.2) is 0 Å². The third kappa shape index (κ3) is 3.86. The number of benzene rings is 1. The molecule has 5 rings (SSSR count). The quantitative estimate of drug-likeness (QED) is 0.655. The molecule has 3 N–H and O–H groups in total. The molecule has 0 saturated heterocycles. The van der Waals surface area contributed by atoms with Gasteiger partial charge in [-0.05, 0) is 62.1 Å². The molecule has 8 heteroatoms. The number of fused-ring (bicyclic) bond motifs is 2. The summed E-state index contributed by atoms with van der Waals surface area (Å²) in [6.07, 6.45) is 7.14. The highest BCUT2D eigenvalue weighted by Crippen LogP contribution is 2.39. The molecule has 2 aromatic rings. The van der Waals surface area contributed by atoms with Crippen molar-refractivity contribution in [2.75, 3.05) is 11.9 Å². The van der Waals surface area contributed by atoms with E-state index in [-0.39, 0.29) is 36.1 Å². The van der Waals surface area contributed by atoms with Crippen LogP contribution in [0.5, 0.6) is 0 Å². The van der Waals surface area contributed by atoms with Crippen LogP contribution in [-0.2, 0) is 17.6 Å². The van der Waals surface area contributed by atoms with Crippen LogP contribution in [0, 0.1) is 11.8 Å². The Hall–Kier alpha value is -3.00. The number of thiophene rings is 1. The zero-order valence-corrected chi connectivity index (χ0v) is 19.2. The lowest BCUT2D eigenvalue weighted by molar-refractivity contribution is -0.122. The normalized spacial score (nSPS) is 22.1. The van der Waals surface area contributed by atoms with E-state index in [9.17, 15) is 19.2 Å². The number of nitrogens with zero attached hydrogens (tertiary/aromatic N) is 1. The monoisotopic (exact) mass is 465 g/mol. The molecular formula is C25H27N3O4S. The molecule has 2 heterocycles. The standard InChI is InChI=1S/C25H27N3O4S/c26-21(29)20-18-11-5-6-12-19(18)33-23(20)27-22(30)15-8-2-1-7-14(15)13-28-24(31)16-9-3-4-10-17(16)25(28)32/h3-4,9-10,14-15H,1-2,5-8,11-13H2,(H2,26,29)(H,27,30). The van der Waals surface area contributed by atoms with Gasteiger partial charge in [0.25, 0.3) is 17.7 Å². The average Bonchev–Trinajstić information content (AvgIpc) is 3.30. The van der Waals surface area contributed by atoms with Gasteiger partial charge in [0.15, 0.2) is 0 Å². The zero-order chi connectivity index (χ0) is 23.1. The maximum atomic E-state index is 13.4. The van der Waals surface area contributed by atoms with Crippen LogP contribution in [0.15, 0.2) is 24.3 Å². The van der Waals surface area contributed by atoms with E-state index in [0.29, 0.717) is 28.1 Å². The van der Waals surface area contributed by atoms with Crippen molar-refractivity contribution < 1.29 is 19.2 Å². The summed E-state index contributed by atoms with van der Waals surface area (Å²) in [6.45, 7) is 0.230. The Labute approximate surface area is 196 Å². The number of nitrogens with two attached hydrogens (primary N) is 1. The molecule has 3 aliphatic rings. The van der Waals surface area contributed by atoms with Crippen LogP contribution in [-0.4, -0.2) is 35.1 Å². The van der Waals surface area contributed by atoms with Gasteiger partial charge >= 0.3 is 0 Å². The molecule has 2 atom stereocenters. The topological polar surface area (TPSA) is 110 Å². The van der Waals surface area contributed by atoms with Crippen LogP contribution in [0.1, 0.15) is 80.0 Å². The molecule has 1 aliphatic heterocycles. The fourth-order valence-electron chi connectivity index (χ4n) is 5.53. The molecule has 1 aromatic carbocycles. The first-order valence-corrected chi connectivity index (χ1v) is 12.5.